The summed E-state index contributed by atoms with van der Waals surface area (Å²) in [5, 5.41) is 0. The molecule has 1 saturated carbocycles. The molecule has 0 aliphatic heterocycles. The minimum absolute atomic E-state index is 0.750. The highest BCUT2D eigenvalue weighted by Gasteiger charge is 2.04. The van der Waals surface area contributed by atoms with Crippen LogP contribution in [0.15, 0.2) is 0 Å². The maximum atomic E-state index is 8.81. The van der Waals surface area contributed by atoms with Gasteiger partial charge in [0.05, 0.1) is 0 Å². The van der Waals surface area contributed by atoms with Gasteiger partial charge in [-0.15, -0.1) is 0 Å². The number of aldehydes is 1. The zero-order valence-corrected chi connectivity index (χ0v) is 9.38. The van der Waals surface area contributed by atoms with Crippen LogP contribution in [0, 0.1) is 5.92 Å². The van der Waals surface area contributed by atoms with E-state index in [2.05, 4.69) is 12.7 Å². The molecular weight excluding hydrogens is 162 g/mol. The maximum Gasteiger partial charge on any atom is 0.116 e. The number of hydrogen-bond acceptors (Lipinski definition) is 2. The quantitative estimate of drug-likeness (QED) is 0.468. The second-order valence-electron chi connectivity index (χ2n) is 3.33. The Kier molecular flexibility index (Phi) is 16.5. The SMILES string of the molecule is CC1CCCCCC1.CC=O.CN. The summed E-state index contributed by atoms with van der Waals surface area (Å²) < 4.78 is 0. The van der Waals surface area contributed by atoms with Gasteiger partial charge < -0.3 is 10.5 Å². The highest BCUT2D eigenvalue weighted by Crippen LogP contribution is 2.21. The molecule has 0 aromatic carbocycles. The first-order chi connectivity index (χ1) is 6.31. The van der Waals surface area contributed by atoms with E-state index in [1.54, 1.807) is 0 Å². The molecular formula is C11H25NO. The first-order valence-corrected chi connectivity index (χ1v) is 5.28. The van der Waals surface area contributed by atoms with Crippen LogP contribution >= 0.6 is 0 Å². The maximum absolute atomic E-state index is 8.81. The Labute approximate surface area is 82.9 Å². The lowest BCUT2D eigenvalue weighted by Crippen LogP contribution is -1.88. The molecule has 80 valence electrons. The van der Waals surface area contributed by atoms with Crippen molar-refractivity contribution in [1.82, 2.24) is 0 Å². The second kappa shape index (κ2) is 14.2. The van der Waals surface area contributed by atoms with Crippen molar-refractivity contribution in [2.75, 3.05) is 7.05 Å². The monoisotopic (exact) mass is 187 g/mol. The van der Waals surface area contributed by atoms with Crippen molar-refractivity contribution < 1.29 is 4.79 Å². The van der Waals surface area contributed by atoms with Gasteiger partial charge in [0.1, 0.15) is 6.29 Å². The van der Waals surface area contributed by atoms with E-state index in [-0.39, 0.29) is 0 Å². The van der Waals surface area contributed by atoms with Gasteiger partial charge in [0.2, 0.25) is 0 Å². The van der Waals surface area contributed by atoms with Crippen LogP contribution in [0.3, 0.4) is 0 Å². The van der Waals surface area contributed by atoms with Crippen molar-refractivity contribution in [2.24, 2.45) is 11.7 Å². The fourth-order valence-electron chi connectivity index (χ4n) is 1.48. The zero-order chi connectivity index (χ0) is 10.5. The van der Waals surface area contributed by atoms with Crippen LogP contribution in [-0.4, -0.2) is 13.3 Å². The van der Waals surface area contributed by atoms with Gasteiger partial charge in [-0.05, 0) is 19.9 Å². The Morgan fingerprint density at radius 3 is 1.69 bits per heavy atom. The summed E-state index contributed by atoms with van der Waals surface area (Å²) in [6, 6.07) is 0. The van der Waals surface area contributed by atoms with Crippen LogP contribution in [0.1, 0.15) is 52.4 Å². The van der Waals surface area contributed by atoms with Crippen molar-refractivity contribution >= 4 is 6.29 Å². The number of rotatable bonds is 0. The summed E-state index contributed by atoms with van der Waals surface area (Å²) in [6.45, 7) is 3.82. The fourth-order valence-corrected chi connectivity index (χ4v) is 1.48. The van der Waals surface area contributed by atoms with E-state index >= 15 is 0 Å². The van der Waals surface area contributed by atoms with E-state index in [0.29, 0.717) is 0 Å². The molecule has 1 rings (SSSR count). The van der Waals surface area contributed by atoms with Crippen molar-refractivity contribution in [3.8, 4) is 0 Å². The summed E-state index contributed by atoms with van der Waals surface area (Å²) in [5.74, 6) is 1.03. The predicted octanol–water partition coefficient (Wildman–Crippen LogP) is 2.76. The number of carbonyl (C=O) groups is 1. The van der Waals surface area contributed by atoms with E-state index in [1.165, 1.54) is 52.5 Å². The first-order valence-electron chi connectivity index (χ1n) is 5.28. The molecule has 1 aliphatic rings. The number of nitrogens with two attached hydrogens (primary N) is 1. The molecule has 2 heteroatoms. The minimum Gasteiger partial charge on any atom is -0.333 e. The fraction of sp³-hybridized carbons (Fsp3) is 0.909. The van der Waals surface area contributed by atoms with Crippen molar-refractivity contribution in [3.05, 3.63) is 0 Å². The topological polar surface area (TPSA) is 43.1 Å². The van der Waals surface area contributed by atoms with Crippen LogP contribution in [0.4, 0.5) is 0 Å². The Bertz CT molecular complexity index is 86.1. The van der Waals surface area contributed by atoms with Crippen LogP contribution < -0.4 is 5.73 Å². The Morgan fingerprint density at radius 1 is 1.08 bits per heavy atom. The average Bonchev–Trinajstić information content (AvgIpc) is 2.38. The molecule has 2 N–H and O–H groups in total. The molecule has 0 saturated heterocycles. The highest BCUT2D eigenvalue weighted by molar-refractivity contribution is 5.44. The van der Waals surface area contributed by atoms with Crippen LogP contribution in [0.5, 0.6) is 0 Å². The third kappa shape index (κ3) is 14.5. The number of carbonyl (C=O) groups excluding carboxylic acids is 1. The lowest BCUT2D eigenvalue weighted by molar-refractivity contribution is -0.106. The Morgan fingerprint density at radius 2 is 1.38 bits per heavy atom. The molecule has 2 nitrogen and oxygen atoms in total. The van der Waals surface area contributed by atoms with Gasteiger partial charge in [0.25, 0.3) is 0 Å². The molecule has 1 aliphatic carbocycles. The standard InChI is InChI=1S/C8H16.C2H4O.CH5N/c1-8-6-4-2-3-5-7-8;1-2-3;1-2/h8H,2-7H2,1H3;2H,1H3;2H2,1H3. The summed E-state index contributed by atoms with van der Waals surface area (Å²) in [5.41, 5.74) is 4.50. The molecule has 0 amide bonds. The van der Waals surface area contributed by atoms with E-state index in [0.717, 1.165) is 12.2 Å². The molecule has 0 bridgehead atoms. The van der Waals surface area contributed by atoms with Gasteiger partial charge in [0, 0.05) is 0 Å². The summed E-state index contributed by atoms with van der Waals surface area (Å²) >= 11 is 0. The lowest BCUT2D eigenvalue weighted by Gasteiger charge is -2.02. The minimum atomic E-state index is 0.750. The average molecular weight is 187 g/mol. The normalized spacial score (nSPS) is 16.9. The lowest BCUT2D eigenvalue weighted by atomic mass is 10.0. The molecule has 13 heavy (non-hydrogen) atoms. The van der Waals surface area contributed by atoms with Gasteiger partial charge in [-0.3, -0.25) is 0 Å². The molecule has 0 spiro atoms. The zero-order valence-electron chi connectivity index (χ0n) is 9.38. The van der Waals surface area contributed by atoms with Gasteiger partial charge in [-0.25, -0.2) is 0 Å². The molecule has 0 unspecified atom stereocenters. The summed E-state index contributed by atoms with van der Waals surface area (Å²) in [6.07, 6.45) is 9.68. The highest BCUT2D eigenvalue weighted by atomic mass is 16.1. The van der Waals surface area contributed by atoms with Gasteiger partial charge in [-0.1, -0.05) is 45.4 Å². The Hall–Kier alpha value is -0.370. The molecule has 0 heterocycles. The molecule has 0 radical (unpaired) electrons. The van der Waals surface area contributed by atoms with E-state index in [1.807, 2.05) is 0 Å². The number of hydrogen-bond donors (Lipinski definition) is 1. The van der Waals surface area contributed by atoms with Crippen molar-refractivity contribution in [1.29, 1.82) is 0 Å². The first kappa shape index (κ1) is 15.1. The smallest absolute Gasteiger partial charge is 0.116 e. The second-order valence-corrected chi connectivity index (χ2v) is 3.33. The molecule has 0 aromatic rings. The summed E-state index contributed by atoms with van der Waals surface area (Å²) in [4.78, 5) is 8.81. The van der Waals surface area contributed by atoms with Gasteiger partial charge in [-0.2, -0.15) is 0 Å². The van der Waals surface area contributed by atoms with E-state index in [9.17, 15) is 0 Å². The van der Waals surface area contributed by atoms with E-state index in [4.69, 9.17) is 4.79 Å². The van der Waals surface area contributed by atoms with Crippen molar-refractivity contribution in [2.45, 2.75) is 52.4 Å². The molecule has 0 aromatic heterocycles. The molecule has 1 fully saturated rings. The van der Waals surface area contributed by atoms with Crippen LogP contribution in [0.2, 0.25) is 0 Å². The third-order valence-corrected chi connectivity index (χ3v) is 2.14. The summed E-state index contributed by atoms with van der Waals surface area (Å²) in [7, 11) is 1.50. The third-order valence-electron chi connectivity index (χ3n) is 2.14. The van der Waals surface area contributed by atoms with E-state index < -0.39 is 0 Å². The van der Waals surface area contributed by atoms with Crippen LogP contribution in [-0.2, 0) is 4.79 Å². The van der Waals surface area contributed by atoms with Crippen molar-refractivity contribution in [3.63, 3.8) is 0 Å². The largest absolute Gasteiger partial charge is 0.333 e. The molecule has 0 atom stereocenters. The van der Waals surface area contributed by atoms with Gasteiger partial charge >= 0.3 is 0 Å². The Balaban J connectivity index is 0. The van der Waals surface area contributed by atoms with Crippen LogP contribution in [0.25, 0.3) is 0 Å². The van der Waals surface area contributed by atoms with Gasteiger partial charge in [0.15, 0.2) is 0 Å². The predicted molar refractivity (Wildman–Crippen MR) is 58.7 cm³/mol.